The van der Waals surface area contributed by atoms with Gasteiger partial charge in [0.1, 0.15) is 0 Å². The summed E-state index contributed by atoms with van der Waals surface area (Å²) in [7, 11) is 3.09. The van der Waals surface area contributed by atoms with Gasteiger partial charge >= 0.3 is 18.1 Å². The Morgan fingerprint density at radius 3 is 2.25 bits per heavy atom. The maximum Gasteiger partial charge on any atom is 0.490 e. The van der Waals surface area contributed by atoms with E-state index in [9.17, 15) is 22.8 Å². The Hall–Kier alpha value is -2.12. The van der Waals surface area contributed by atoms with Gasteiger partial charge in [-0.15, -0.1) is 0 Å². The maximum atomic E-state index is 12.2. The average Bonchev–Trinajstić information content (AvgIpc) is 2.73. The number of aliphatic carboxylic acids is 2. The third-order valence-corrected chi connectivity index (χ3v) is 6.42. The second kappa shape index (κ2) is 14.1. The highest BCUT2D eigenvalue weighted by atomic mass is 33.1. The monoisotopic (exact) mass is 498 g/mol. The Labute approximate surface area is 191 Å². The average molecular weight is 499 g/mol. The summed E-state index contributed by atoms with van der Waals surface area (Å²) in [5.41, 5.74) is 2.91. The molecule has 1 saturated heterocycles. The van der Waals surface area contributed by atoms with Crippen molar-refractivity contribution in [2.45, 2.75) is 19.5 Å². The first-order chi connectivity index (χ1) is 15.0. The lowest BCUT2D eigenvalue weighted by Crippen LogP contribution is -2.36. The standard InChI is InChI=1S/C17H24N2O4S2.C2HF3O2/c1-13-12-14(2-3-15(13)19-6-8-23-9-7-19)17(22)18-5-11-25-24-10-4-16(20)21;3-2(4,5)1(6)7/h2-3,12H,4-11H2,1H3,(H,18,22)(H,20,21);(H,6,7). The van der Waals surface area contributed by atoms with Crippen molar-refractivity contribution >= 4 is 45.1 Å². The summed E-state index contributed by atoms with van der Waals surface area (Å²) in [4.78, 5) is 33.8. The van der Waals surface area contributed by atoms with E-state index < -0.39 is 18.1 Å². The summed E-state index contributed by atoms with van der Waals surface area (Å²) in [5.74, 6) is -2.28. The first kappa shape index (κ1) is 27.9. The molecular formula is C19H25F3N2O6S2. The van der Waals surface area contributed by atoms with E-state index in [1.165, 1.54) is 10.8 Å². The van der Waals surface area contributed by atoms with E-state index in [4.69, 9.17) is 19.7 Å². The van der Waals surface area contributed by atoms with Crippen molar-refractivity contribution in [3.05, 3.63) is 29.3 Å². The fourth-order valence-corrected chi connectivity index (χ4v) is 4.40. The third kappa shape index (κ3) is 11.0. The largest absolute Gasteiger partial charge is 0.490 e. The zero-order valence-electron chi connectivity index (χ0n) is 17.3. The van der Waals surface area contributed by atoms with Crippen LogP contribution in [0, 0.1) is 6.92 Å². The summed E-state index contributed by atoms with van der Waals surface area (Å²) < 4.78 is 37.1. The summed E-state index contributed by atoms with van der Waals surface area (Å²) in [6, 6.07) is 5.79. The highest BCUT2D eigenvalue weighted by Gasteiger charge is 2.38. The minimum absolute atomic E-state index is 0.0761. The number of hydrogen-bond acceptors (Lipinski definition) is 7. The molecule has 1 aliphatic rings. The number of carboxylic acid groups (broad SMARTS) is 2. The molecular weight excluding hydrogens is 473 g/mol. The van der Waals surface area contributed by atoms with Crippen molar-refractivity contribution in [2.24, 2.45) is 0 Å². The van der Waals surface area contributed by atoms with E-state index in [2.05, 4.69) is 10.2 Å². The number of carboxylic acids is 2. The Bertz CT molecular complexity index is 774. The number of anilines is 1. The quantitative estimate of drug-likeness (QED) is 0.349. The lowest BCUT2D eigenvalue weighted by Gasteiger charge is -2.30. The number of benzene rings is 1. The number of carbonyl (C=O) groups excluding carboxylic acids is 1. The molecule has 2 rings (SSSR count). The highest BCUT2D eigenvalue weighted by Crippen LogP contribution is 2.23. The molecule has 13 heteroatoms. The normalized spacial score (nSPS) is 13.7. The zero-order valence-corrected chi connectivity index (χ0v) is 18.9. The van der Waals surface area contributed by atoms with Gasteiger partial charge in [-0.1, -0.05) is 21.6 Å². The molecule has 1 aromatic rings. The van der Waals surface area contributed by atoms with Gasteiger partial charge in [0.05, 0.1) is 19.6 Å². The van der Waals surface area contributed by atoms with Gasteiger partial charge in [-0.2, -0.15) is 13.2 Å². The van der Waals surface area contributed by atoms with Crippen LogP contribution in [0.15, 0.2) is 18.2 Å². The van der Waals surface area contributed by atoms with E-state index in [1.807, 2.05) is 25.1 Å². The Morgan fingerprint density at radius 2 is 1.72 bits per heavy atom. The predicted octanol–water partition coefficient (Wildman–Crippen LogP) is 3.05. The van der Waals surface area contributed by atoms with Crippen molar-refractivity contribution in [1.82, 2.24) is 5.32 Å². The number of nitrogens with one attached hydrogen (secondary N) is 1. The number of amides is 1. The van der Waals surface area contributed by atoms with E-state index in [1.54, 1.807) is 10.8 Å². The first-order valence-electron chi connectivity index (χ1n) is 9.50. The van der Waals surface area contributed by atoms with Crippen LogP contribution in [0.1, 0.15) is 22.3 Å². The number of halogens is 3. The third-order valence-electron chi connectivity index (χ3n) is 4.01. The van der Waals surface area contributed by atoms with Crippen molar-refractivity contribution in [3.8, 4) is 0 Å². The van der Waals surface area contributed by atoms with Crippen LogP contribution < -0.4 is 10.2 Å². The van der Waals surface area contributed by atoms with Crippen LogP contribution in [0.2, 0.25) is 0 Å². The summed E-state index contributed by atoms with van der Waals surface area (Å²) in [6.07, 6.45) is -4.92. The Kier molecular flexibility index (Phi) is 12.3. The Morgan fingerprint density at radius 1 is 1.12 bits per heavy atom. The van der Waals surface area contributed by atoms with Crippen LogP contribution in [0.3, 0.4) is 0 Å². The second-order valence-corrected chi connectivity index (χ2v) is 9.15. The van der Waals surface area contributed by atoms with Crippen LogP contribution >= 0.6 is 21.6 Å². The van der Waals surface area contributed by atoms with E-state index >= 15 is 0 Å². The molecule has 1 heterocycles. The number of hydrogen-bond donors (Lipinski definition) is 3. The van der Waals surface area contributed by atoms with Gasteiger partial charge in [0.25, 0.3) is 5.91 Å². The molecule has 180 valence electrons. The zero-order chi connectivity index (χ0) is 24.1. The predicted molar refractivity (Wildman–Crippen MR) is 117 cm³/mol. The molecule has 0 atom stereocenters. The van der Waals surface area contributed by atoms with Crippen LogP contribution in [-0.4, -0.2) is 78.6 Å². The lowest BCUT2D eigenvalue weighted by atomic mass is 10.1. The molecule has 3 N–H and O–H groups in total. The lowest BCUT2D eigenvalue weighted by molar-refractivity contribution is -0.192. The molecule has 1 fully saturated rings. The fraction of sp³-hybridized carbons (Fsp3) is 0.526. The molecule has 0 aliphatic carbocycles. The molecule has 8 nitrogen and oxygen atoms in total. The molecule has 1 aromatic carbocycles. The van der Waals surface area contributed by atoms with E-state index in [-0.39, 0.29) is 12.3 Å². The number of rotatable bonds is 9. The minimum Gasteiger partial charge on any atom is -0.481 e. The molecule has 0 aromatic heterocycles. The number of nitrogens with zero attached hydrogens (tertiary/aromatic N) is 1. The van der Waals surface area contributed by atoms with Gasteiger partial charge in [-0.05, 0) is 30.7 Å². The van der Waals surface area contributed by atoms with Crippen LogP contribution in [0.25, 0.3) is 0 Å². The number of morpholine rings is 1. The smallest absolute Gasteiger partial charge is 0.481 e. The summed E-state index contributed by atoms with van der Waals surface area (Å²) in [6.45, 7) is 5.82. The molecule has 0 saturated carbocycles. The van der Waals surface area contributed by atoms with E-state index in [0.29, 0.717) is 17.9 Å². The van der Waals surface area contributed by atoms with Crippen molar-refractivity contribution < 1.29 is 42.5 Å². The topological polar surface area (TPSA) is 116 Å². The SMILES string of the molecule is Cc1cc(C(=O)NCCSSCCC(=O)O)ccc1N1CCOCC1.O=C(O)C(F)(F)F. The molecule has 0 unspecified atom stereocenters. The molecule has 1 amide bonds. The molecule has 0 spiro atoms. The molecule has 32 heavy (non-hydrogen) atoms. The number of ether oxygens (including phenoxy) is 1. The summed E-state index contributed by atoms with van der Waals surface area (Å²) in [5, 5.41) is 18.6. The van der Waals surface area contributed by atoms with E-state index in [0.717, 1.165) is 43.3 Å². The molecule has 1 aliphatic heterocycles. The minimum atomic E-state index is -5.08. The van der Waals surface area contributed by atoms with Crippen LogP contribution in [-0.2, 0) is 14.3 Å². The van der Waals surface area contributed by atoms with Crippen LogP contribution in [0.5, 0.6) is 0 Å². The van der Waals surface area contributed by atoms with Gasteiger partial charge in [-0.3, -0.25) is 9.59 Å². The van der Waals surface area contributed by atoms with Crippen molar-refractivity contribution in [1.29, 1.82) is 0 Å². The van der Waals surface area contributed by atoms with Crippen molar-refractivity contribution in [2.75, 3.05) is 49.3 Å². The van der Waals surface area contributed by atoms with Crippen molar-refractivity contribution in [3.63, 3.8) is 0 Å². The van der Waals surface area contributed by atoms with Gasteiger partial charge in [0, 0.05) is 42.4 Å². The molecule has 0 radical (unpaired) electrons. The van der Waals surface area contributed by atoms with Gasteiger partial charge < -0.3 is 25.2 Å². The maximum absolute atomic E-state index is 12.2. The number of carbonyl (C=O) groups is 3. The summed E-state index contributed by atoms with van der Waals surface area (Å²) >= 11 is 0. The second-order valence-electron chi connectivity index (χ2n) is 6.45. The van der Waals surface area contributed by atoms with Gasteiger partial charge in [0.15, 0.2) is 0 Å². The highest BCUT2D eigenvalue weighted by molar-refractivity contribution is 8.76. The number of alkyl halides is 3. The fourth-order valence-electron chi connectivity index (χ4n) is 2.51. The molecule has 0 bridgehead atoms. The number of aryl methyl sites for hydroxylation is 1. The van der Waals surface area contributed by atoms with Crippen LogP contribution in [0.4, 0.5) is 18.9 Å². The first-order valence-corrected chi connectivity index (χ1v) is 12.0. The Balaban J connectivity index is 0.000000633. The van der Waals surface area contributed by atoms with Gasteiger partial charge in [-0.25, -0.2) is 4.79 Å². The van der Waals surface area contributed by atoms with Gasteiger partial charge in [0.2, 0.25) is 0 Å².